The lowest BCUT2D eigenvalue weighted by atomic mass is 9.95. The van der Waals surface area contributed by atoms with Gasteiger partial charge in [-0.3, -0.25) is 9.69 Å². The van der Waals surface area contributed by atoms with Crippen LogP contribution in [0.5, 0.6) is 0 Å². The molecular formula is C17H26N2O2. The number of nitrogens with zero attached hydrogens (tertiary/aromatic N) is 1. The molecule has 4 heteroatoms. The molecule has 116 valence electrons. The van der Waals surface area contributed by atoms with E-state index in [9.17, 15) is 4.79 Å². The fourth-order valence-electron chi connectivity index (χ4n) is 2.33. The molecule has 1 aliphatic heterocycles. The van der Waals surface area contributed by atoms with Crippen LogP contribution in [0.3, 0.4) is 0 Å². The Morgan fingerprint density at radius 2 is 1.81 bits per heavy atom. The standard InChI is InChI=1S/C17H26N2O2/c1-17(2,3)16(20)18-12-14-6-4-5-7-15(14)13-19-8-10-21-11-9-19/h4-7H,8-13H2,1-3H3,(H,18,20). The van der Waals surface area contributed by atoms with Crippen LogP contribution < -0.4 is 5.32 Å². The van der Waals surface area contributed by atoms with Gasteiger partial charge in [-0.05, 0) is 11.1 Å². The maximum atomic E-state index is 12.0. The van der Waals surface area contributed by atoms with Crippen molar-refractivity contribution in [3.8, 4) is 0 Å². The van der Waals surface area contributed by atoms with Gasteiger partial charge in [0.2, 0.25) is 5.91 Å². The summed E-state index contributed by atoms with van der Waals surface area (Å²) < 4.78 is 5.39. The molecule has 1 N–H and O–H groups in total. The van der Waals surface area contributed by atoms with E-state index in [0.29, 0.717) is 6.54 Å². The molecule has 0 spiro atoms. The van der Waals surface area contributed by atoms with E-state index in [1.807, 2.05) is 26.8 Å². The van der Waals surface area contributed by atoms with Gasteiger partial charge >= 0.3 is 0 Å². The molecule has 0 aromatic heterocycles. The Morgan fingerprint density at radius 3 is 2.43 bits per heavy atom. The lowest BCUT2D eigenvalue weighted by Crippen LogP contribution is -2.37. The second-order valence-corrected chi connectivity index (χ2v) is 6.59. The summed E-state index contributed by atoms with van der Waals surface area (Å²) in [4.78, 5) is 14.4. The lowest BCUT2D eigenvalue weighted by Gasteiger charge is -2.27. The van der Waals surface area contributed by atoms with Gasteiger partial charge in [0.15, 0.2) is 0 Å². The number of amides is 1. The first-order valence-electron chi connectivity index (χ1n) is 7.62. The summed E-state index contributed by atoms with van der Waals surface area (Å²) in [5.41, 5.74) is 2.13. The van der Waals surface area contributed by atoms with Gasteiger partial charge in [0.25, 0.3) is 0 Å². The van der Waals surface area contributed by atoms with Crippen LogP contribution in [0.1, 0.15) is 31.9 Å². The van der Waals surface area contributed by atoms with Crippen molar-refractivity contribution in [1.82, 2.24) is 10.2 Å². The number of morpholine rings is 1. The highest BCUT2D eigenvalue weighted by atomic mass is 16.5. The molecule has 1 heterocycles. The highest BCUT2D eigenvalue weighted by Gasteiger charge is 2.21. The molecule has 0 atom stereocenters. The third kappa shape index (κ3) is 4.83. The summed E-state index contributed by atoms with van der Waals surface area (Å²) in [6.07, 6.45) is 0. The van der Waals surface area contributed by atoms with Crippen molar-refractivity contribution in [2.45, 2.75) is 33.9 Å². The first-order chi connectivity index (χ1) is 9.97. The summed E-state index contributed by atoms with van der Waals surface area (Å²) >= 11 is 0. The topological polar surface area (TPSA) is 41.6 Å². The average Bonchev–Trinajstić information content (AvgIpc) is 2.46. The summed E-state index contributed by atoms with van der Waals surface area (Å²) in [6.45, 7) is 10.9. The molecular weight excluding hydrogens is 264 g/mol. The van der Waals surface area contributed by atoms with E-state index in [0.717, 1.165) is 32.8 Å². The van der Waals surface area contributed by atoms with E-state index in [4.69, 9.17) is 4.74 Å². The van der Waals surface area contributed by atoms with Crippen LogP contribution in [-0.2, 0) is 22.6 Å². The summed E-state index contributed by atoms with van der Waals surface area (Å²) in [5, 5.41) is 3.03. The smallest absolute Gasteiger partial charge is 0.225 e. The molecule has 1 saturated heterocycles. The van der Waals surface area contributed by atoms with Crippen molar-refractivity contribution in [2.75, 3.05) is 26.3 Å². The molecule has 1 aromatic carbocycles. The quantitative estimate of drug-likeness (QED) is 0.924. The molecule has 2 rings (SSSR count). The van der Waals surface area contributed by atoms with Gasteiger partial charge in [-0.2, -0.15) is 0 Å². The Balaban J connectivity index is 1.98. The molecule has 0 bridgehead atoms. The lowest BCUT2D eigenvalue weighted by molar-refractivity contribution is -0.128. The zero-order chi connectivity index (χ0) is 15.3. The fraction of sp³-hybridized carbons (Fsp3) is 0.588. The van der Waals surface area contributed by atoms with Crippen molar-refractivity contribution in [3.05, 3.63) is 35.4 Å². The summed E-state index contributed by atoms with van der Waals surface area (Å²) in [5.74, 6) is 0.0867. The van der Waals surface area contributed by atoms with Crippen LogP contribution in [0, 0.1) is 5.41 Å². The first kappa shape index (κ1) is 16.0. The minimum absolute atomic E-state index is 0.0867. The van der Waals surface area contributed by atoms with Crippen LogP contribution in [0.2, 0.25) is 0 Å². The average molecular weight is 290 g/mol. The SMILES string of the molecule is CC(C)(C)C(=O)NCc1ccccc1CN1CCOCC1. The first-order valence-corrected chi connectivity index (χ1v) is 7.62. The van der Waals surface area contributed by atoms with Crippen LogP contribution >= 0.6 is 0 Å². The van der Waals surface area contributed by atoms with Crippen LogP contribution in [0.15, 0.2) is 24.3 Å². The number of hydrogen-bond acceptors (Lipinski definition) is 3. The number of carbonyl (C=O) groups is 1. The number of hydrogen-bond donors (Lipinski definition) is 1. The highest BCUT2D eigenvalue weighted by Crippen LogP contribution is 2.15. The maximum absolute atomic E-state index is 12.0. The van der Waals surface area contributed by atoms with Crippen molar-refractivity contribution in [2.24, 2.45) is 5.41 Å². The maximum Gasteiger partial charge on any atom is 0.225 e. The minimum Gasteiger partial charge on any atom is -0.379 e. The van der Waals surface area contributed by atoms with E-state index in [1.165, 1.54) is 11.1 Å². The molecule has 1 aromatic rings. The molecule has 4 nitrogen and oxygen atoms in total. The molecule has 21 heavy (non-hydrogen) atoms. The molecule has 0 aliphatic carbocycles. The molecule has 0 unspecified atom stereocenters. The van der Waals surface area contributed by atoms with Gasteiger partial charge in [-0.25, -0.2) is 0 Å². The Labute approximate surface area is 127 Å². The third-order valence-electron chi connectivity index (χ3n) is 3.74. The number of rotatable bonds is 4. The molecule has 1 amide bonds. The van der Waals surface area contributed by atoms with Crippen LogP contribution in [0.4, 0.5) is 0 Å². The van der Waals surface area contributed by atoms with Gasteiger partial charge < -0.3 is 10.1 Å². The summed E-state index contributed by atoms with van der Waals surface area (Å²) in [6, 6.07) is 8.33. The largest absolute Gasteiger partial charge is 0.379 e. The Kier molecular flexibility index (Phi) is 5.37. The number of nitrogens with one attached hydrogen (secondary N) is 1. The normalized spacial score (nSPS) is 16.7. The van der Waals surface area contributed by atoms with Crippen LogP contribution in [-0.4, -0.2) is 37.1 Å². The third-order valence-corrected chi connectivity index (χ3v) is 3.74. The second-order valence-electron chi connectivity index (χ2n) is 6.59. The summed E-state index contributed by atoms with van der Waals surface area (Å²) in [7, 11) is 0. The van der Waals surface area contributed by atoms with Crippen molar-refractivity contribution < 1.29 is 9.53 Å². The zero-order valence-electron chi connectivity index (χ0n) is 13.3. The van der Waals surface area contributed by atoms with Crippen molar-refractivity contribution in [1.29, 1.82) is 0 Å². The van der Waals surface area contributed by atoms with Crippen molar-refractivity contribution in [3.63, 3.8) is 0 Å². The highest BCUT2D eigenvalue weighted by molar-refractivity contribution is 5.81. The van der Waals surface area contributed by atoms with Gasteiger partial charge in [0.1, 0.15) is 0 Å². The van der Waals surface area contributed by atoms with Crippen LogP contribution in [0.25, 0.3) is 0 Å². The Hall–Kier alpha value is -1.39. The predicted molar refractivity (Wildman–Crippen MR) is 83.8 cm³/mol. The second kappa shape index (κ2) is 7.05. The number of carbonyl (C=O) groups excluding carboxylic acids is 1. The number of ether oxygens (including phenoxy) is 1. The van der Waals surface area contributed by atoms with Crippen molar-refractivity contribution >= 4 is 5.91 Å². The molecule has 1 fully saturated rings. The molecule has 0 radical (unpaired) electrons. The molecule has 1 aliphatic rings. The number of benzene rings is 1. The zero-order valence-corrected chi connectivity index (χ0v) is 13.3. The van der Waals surface area contributed by atoms with E-state index in [2.05, 4.69) is 28.4 Å². The van der Waals surface area contributed by atoms with Gasteiger partial charge in [0.05, 0.1) is 13.2 Å². The Morgan fingerprint density at radius 1 is 1.19 bits per heavy atom. The van der Waals surface area contributed by atoms with E-state index >= 15 is 0 Å². The minimum atomic E-state index is -0.348. The van der Waals surface area contributed by atoms with Gasteiger partial charge in [0, 0.05) is 31.6 Å². The fourth-order valence-corrected chi connectivity index (χ4v) is 2.33. The Bertz CT molecular complexity index is 474. The van der Waals surface area contributed by atoms with E-state index < -0.39 is 0 Å². The predicted octanol–water partition coefficient (Wildman–Crippen LogP) is 2.18. The van der Waals surface area contributed by atoms with E-state index in [-0.39, 0.29) is 11.3 Å². The molecule has 0 saturated carbocycles. The van der Waals surface area contributed by atoms with E-state index in [1.54, 1.807) is 0 Å². The monoisotopic (exact) mass is 290 g/mol. The van der Waals surface area contributed by atoms with Gasteiger partial charge in [-0.15, -0.1) is 0 Å². The van der Waals surface area contributed by atoms with Gasteiger partial charge in [-0.1, -0.05) is 45.0 Å².